The number of benzene rings is 1. The molecule has 2 aliphatic rings. The average Bonchev–Trinajstić information content (AvgIpc) is 2.99. The minimum absolute atomic E-state index is 0.0942. The van der Waals surface area contributed by atoms with Crippen molar-refractivity contribution in [1.82, 2.24) is 5.32 Å². The fraction of sp³-hybridized carbons (Fsp3) is 0.562. The molecule has 1 aromatic rings. The van der Waals surface area contributed by atoms with Gasteiger partial charge >= 0.3 is 0 Å². The van der Waals surface area contributed by atoms with Gasteiger partial charge in [0.25, 0.3) is 0 Å². The molecule has 2 N–H and O–H groups in total. The maximum atomic E-state index is 11.7. The highest BCUT2D eigenvalue weighted by molar-refractivity contribution is 5.92. The zero-order valence-corrected chi connectivity index (χ0v) is 11.9. The topological polar surface area (TPSA) is 52.6 Å². The van der Waals surface area contributed by atoms with Gasteiger partial charge in [-0.05, 0) is 49.4 Å². The number of amides is 1. The highest BCUT2D eigenvalue weighted by atomic mass is 16.3. The monoisotopic (exact) mass is 274 g/mol. The molecule has 0 bridgehead atoms. The lowest BCUT2D eigenvalue weighted by molar-refractivity contribution is -0.116. The van der Waals surface area contributed by atoms with Gasteiger partial charge in [0.2, 0.25) is 5.91 Å². The number of anilines is 1. The highest BCUT2D eigenvalue weighted by Gasteiger charge is 2.26. The van der Waals surface area contributed by atoms with Crippen LogP contribution in [0.1, 0.15) is 43.4 Å². The molecule has 1 amide bonds. The van der Waals surface area contributed by atoms with Crippen LogP contribution in [0, 0.1) is 0 Å². The lowest BCUT2D eigenvalue weighted by Gasteiger charge is -2.30. The van der Waals surface area contributed by atoms with Crippen LogP contribution in [0.4, 0.5) is 5.69 Å². The first-order valence-electron chi connectivity index (χ1n) is 7.49. The maximum absolute atomic E-state index is 11.7. The molecule has 0 radical (unpaired) electrons. The van der Waals surface area contributed by atoms with E-state index in [1.807, 2.05) is 17.0 Å². The smallest absolute Gasteiger partial charge is 0.223 e. The summed E-state index contributed by atoms with van der Waals surface area (Å²) in [6.07, 6.45) is 3.68. The van der Waals surface area contributed by atoms with Gasteiger partial charge in [-0.25, -0.2) is 0 Å². The summed E-state index contributed by atoms with van der Waals surface area (Å²) in [7, 11) is 0. The van der Waals surface area contributed by atoms with Crippen LogP contribution < -0.4 is 10.2 Å². The van der Waals surface area contributed by atoms with Gasteiger partial charge in [-0.3, -0.25) is 4.79 Å². The third-order valence-corrected chi connectivity index (χ3v) is 4.42. The third kappa shape index (κ3) is 2.45. The zero-order valence-electron chi connectivity index (χ0n) is 11.9. The van der Waals surface area contributed by atoms with Gasteiger partial charge in [-0.1, -0.05) is 12.1 Å². The molecule has 0 spiro atoms. The summed E-state index contributed by atoms with van der Waals surface area (Å²) in [6, 6.07) is 6.20. The molecule has 108 valence electrons. The molecular formula is C16H22N2O2. The third-order valence-electron chi connectivity index (χ3n) is 4.42. The molecule has 2 atom stereocenters. The van der Waals surface area contributed by atoms with Crippen LogP contribution in [0.2, 0.25) is 0 Å². The van der Waals surface area contributed by atoms with Crippen LogP contribution in [-0.4, -0.2) is 30.1 Å². The van der Waals surface area contributed by atoms with Crippen molar-refractivity contribution in [1.29, 1.82) is 0 Å². The van der Waals surface area contributed by atoms with Crippen LogP contribution in [-0.2, 0) is 11.2 Å². The highest BCUT2D eigenvalue weighted by Crippen LogP contribution is 2.31. The van der Waals surface area contributed by atoms with Crippen molar-refractivity contribution < 1.29 is 9.90 Å². The molecule has 1 aromatic carbocycles. The normalized spacial score (nSPS) is 23.5. The van der Waals surface area contributed by atoms with E-state index in [9.17, 15) is 9.90 Å². The second-order valence-corrected chi connectivity index (χ2v) is 5.81. The van der Waals surface area contributed by atoms with Crippen LogP contribution in [0.5, 0.6) is 0 Å². The van der Waals surface area contributed by atoms with Crippen molar-refractivity contribution in [3.05, 3.63) is 29.3 Å². The fourth-order valence-corrected chi connectivity index (χ4v) is 3.34. The number of hydrogen-bond donors (Lipinski definition) is 2. The van der Waals surface area contributed by atoms with E-state index in [1.165, 1.54) is 5.56 Å². The Morgan fingerprint density at radius 3 is 3.00 bits per heavy atom. The summed E-state index contributed by atoms with van der Waals surface area (Å²) in [5, 5.41) is 13.8. The van der Waals surface area contributed by atoms with E-state index in [1.54, 1.807) is 6.92 Å². The van der Waals surface area contributed by atoms with Gasteiger partial charge in [-0.15, -0.1) is 0 Å². The Bertz CT molecular complexity index is 509. The maximum Gasteiger partial charge on any atom is 0.223 e. The minimum atomic E-state index is -0.449. The number of aliphatic hydroxyl groups is 1. The lowest BCUT2D eigenvalue weighted by Crippen LogP contribution is -2.34. The Morgan fingerprint density at radius 2 is 2.30 bits per heavy atom. The van der Waals surface area contributed by atoms with Gasteiger partial charge in [0, 0.05) is 25.2 Å². The lowest BCUT2D eigenvalue weighted by atomic mass is 9.94. The Balaban J connectivity index is 1.87. The van der Waals surface area contributed by atoms with E-state index in [2.05, 4.69) is 11.4 Å². The van der Waals surface area contributed by atoms with Crippen LogP contribution in [0.25, 0.3) is 0 Å². The first-order valence-corrected chi connectivity index (χ1v) is 7.49. The van der Waals surface area contributed by atoms with Crippen molar-refractivity contribution in [2.24, 2.45) is 0 Å². The number of nitrogens with one attached hydrogen (secondary N) is 1. The zero-order chi connectivity index (χ0) is 14.1. The van der Waals surface area contributed by atoms with Crippen molar-refractivity contribution in [2.75, 3.05) is 18.0 Å². The minimum Gasteiger partial charge on any atom is -0.387 e. The van der Waals surface area contributed by atoms with Crippen molar-refractivity contribution in [3.8, 4) is 0 Å². The molecule has 1 saturated heterocycles. The Morgan fingerprint density at radius 1 is 1.45 bits per heavy atom. The largest absolute Gasteiger partial charge is 0.387 e. The van der Waals surface area contributed by atoms with Crippen molar-refractivity contribution in [3.63, 3.8) is 0 Å². The van der Waals surface area contributed by atoms with Crippen LogP contribution >= 0.6 is 0 Å². The molecular weight excluding hydrogens is 252 g/mol. The number of aliphatic hydroxyl groups excluding tert-OH is 1. The summed E-state index contributed by atoms with van der Waals surface area (Å²) < 4.78 is 0. The van der Waals surface area contributed by atoms with E-state index in [0.717, 1.165) is 50.0 Å². The summed E-state index contributed by atoms with van der Waals surface area (Å²) in [5.74, 6) is 0.0942. The van der Waals surface area contributed by atoms with E-state index in [-0.39, 0.29) is 11.9 Å². The van der Waals surface area contributed by atoms with E-state index < -0.39 is 6.10 Å². The van der Waals surface area contributed by atoms with Gasteiger partial charge in [0.15, 0.2) is 0 Å². The number of nitrogens with zero attached hydrogens (tertiary/aromatic N) is 1. The first-order chi connectivity index (χ1) is 9.66. The molecule has 2 heterocycles. The molecule has 2 unspecified atom stereocenters. The summed E-state index contributed by atoms with van der Waals surface area (Å²) in [6.45, 7) is 3.40. The second kappa shape index (κ2) is 5.54. The summed E-state index contributed by atoms with van der Waals surface area (Å²) in [4.78, 5) is 13.5. The standard InChI is InChI=1S/C16H22N2O2/c1-11(19)18-9-3-4-12-10-13(6-7-15(12)18)16(20)14-5-2-8-17-14/h6-7,10,14,16-17,20H,2-5,8-9H2,1H3. The predicted molar refractivity (Wildman–Crippen MR) is 78.8 cm³/mol. The molecule has 4 nitrogen and oxygen atoms in total. The molecule has 1 fully saturated rings. The Kier molecular flexibility index (Phi) is 3.76. The van der Waals surface area contributed by atoms with Gasteiger partial charge < -0.3 is 15.3 Å². The molecule has 20 heavy (non-hydrogen) atoms. The quantitative estimate of drug-likeness (QED) is 0.864. The number of aryl methyl sites for hydroxylation is 1. The van der Waals surface area contributed by atoms with Crippen molar-refractivity contribution >= 4 is 11.6 Å². The Hall–Kier alpha value is -1.39. The predicted octanol–water partition coefficient (Wildman–Crippen LogP) is 1.77. The Labute approximate surface area is 119 Å². The molecule has 3 rings (SSSR count). The van der Waals surface area contributed by atoms with E-state index >= 15 is 0 Å². The molecule has 0 saturated carbocycles. The SMILES string of the molecule is CC(=O)N1CCCc2cc(C(O)C3CCCN3)ccc21. The summed E-state index contributed by atoms with van der Waals surface area (Å²) >= 11 is 0. The van der Waals surface area contributed by atoms with Gasteiger partial charge in [0.05, 0.1) is 6.10 Å². The van der Waals surface area contributed by atoms with Gasteiger partial charge in [-0.2, -0.15) is 0 Å². The van der Waals surface area contributed by atoms with Crippen LogP contribution in [0.15, 0.2) is 18.2 Å². The van der Waals surface area contributed by atoms with E-state index in [4.69, 9.17) is 0 Å². The van der Waals surface area contributed by atoms with Crippen molar-refractivity contribution in [2.45, 2.75) is 44.8 Å². The fourth-order valence-electron chi connectivity index (χ4n) is 3.34. The number of hydrogen-bond acceptors (Lipinski definition) is 3. The van der Waals surface area contributed by atoms with Gasteiger partial charge in [0.1, 0.15) is 0 Å². The first kappa shape index (κ1) is 13.6. The number of fused-ring (bicyclic) bond motifs is 1. The van der Waals surface area contributed by atoms with Crippen LogP contribution in [0.3, 0.4) is 0 Å². The molecule has 2 aliphatic heterocycles. The van der Waals surface area contributed by atoms with E-state index in [0.29, 0.717) is 0 Å². The number of rotatable bonds is 2. The molecule has 4 heteroatoms. The number of carbonyl (C=O) groups excluding carboxylic acids is 1. The number of carbonyl (C=O) groups is 1. The molecule has 0 aliphatic carbocycles. The summed E-state index contributed by atoms with van der Waals surface area (Å²) in [5.41, 5.74) is 3.16. The average molecular weight is 274 g/mol. The second-order valence-electron chi connectivity index (χ2n) is 5.81. The molecule has 0 aromatic heterocycles.